The Balaban J connectivity index is 2.36. The first kappa shape index (κ1) is 21.6. The Hall–Kier alpha value is -3.08. The van der Waals surface area contributed by atoms with E-state index in [9.17, 15) is 31.9 Å². The first-order valence-electron chi connectivity index (χ1n) is 8.43. The van der Waals surface area contributed by atoms with Crippen molar-refractivity contribution in [1.29, 1.82) is 0 Å². The van der Waals surface area contributed by atoms with E-state index in [1.165, 1.54) is 6.07 Å². The Morgan fingerprint density at radius 2 is 1.90 bits per heavy atom. The van der Waals surface area contributed by atoms with Crippen molar-refractivity contribution in [2.45, 2.75) is 25.4 Å². The predicted octanol–water partition coefficient (Wildman–Crippen LogP) is 3.07. The standard InChI is InChI=1S/C18H14ClF4N3O4/c1-7(3-13(24)27)11-4-8-9(19)5-10(20)15(16(8)30-11)26-14(28)6-12(18(21,22)23)25(2)17(26)29/h4-7H,3H2,1-2H3,(H2,24,27). The van der Waals surface area contributed by atoms with Crippen molar-refractivity contribution in [3.63, 3.8) is 0 Å². The minimum Gasteiger partial charge on any atom is -0.458 e. The third kappa shape index (κ3) is 3.60. The quantitative estimate of drug-likeness (QED) is 0.621. The van der Waals surface area contributed by atoms with Crippen LogP contribution in [0.25, 0.3) is 16.7 Å². The molecule has 3 rings (SSSR count). The Morgan fingerprint density at radius 1 is 1.27 bits per heavy atom. The topological polar surface area (TPSA) is 100 Å². The summed E-state index contributed by atoms with van der Waals surface area (Å²) in [6, 6.07) is 2.37. The van der Waals surface area contributed by atoms with Crippen molar-refractivity contribution >= 4 is 28.5 Å². The SMILES string of the molecule is CC(CC(N)=O)c1cc2c(Cl)cc(F)c(-n3c(=O)cc(C(F)(F)F)n(C)c3=O)c2o1. The van der Waals surface area contributed by atoms with Gasteiger partial charge in [0.2, 0.25) is 5.91 Å². The zero-order chi connectivity index (χ0) is 22.5. The lowest BCUT2D eigenvalue weighted by atomic mass is 10.0. The van der Waals surface area contributed by atoms with Crippen molar-refractivity contribution in [2.75, 3.05) is 0 Å². The van der Waals surface area contributed by atoms with Gasteiger partial charge in [-0.1, -0.05) is 18.5 Å². The molecule has 0 bridgehead atoms. The summed E-state index contributed by atoms with van der Waals surface area (Å²) < 4.78 is 59.9. The van der Waals surface area contributed by atoms with Gasteiger partial charge >= 0.3 is 11.9 Å². The number of carbonyl (C=O) groups is 1. The zero-order valence-corrected chi connectivity index (χ0v) is 16.3. The third-order valence-electron chi connectivity index (χ3n) is 4.53. The molecule has 2 N–H and O–H groups in total. The first-order valence-corrected chi connectivity index (χ1v) is 8.81. The molecule has 0 saturated carbocycles. The second-order valence-corrected chi connectivity index (χ2v) is 7.10. The third-order valence-corrected chi connectivity index (χ3v) is 4.84. The number of halogens is 5. The lowest BCUT2D eigenvalue weighted by molar-refractivity contribution is -0.144. The molecular weight excluding hydrogens is 434 g/mol. The van der Waals surface area contributed by atoms with E-state index < -0.39 is 46.4 Å². The first-order chi connectivity index (χ1) is 13.8. The van der Waals surface area contributed by atoms with Crippen molar-refractivity contribution < 1.29 is 26.8 Å². The molecule has 0 aliphatic heterocycles. The number of hydrogen-bond acceptors (Lipinski definition) is 4. The highest BCUT2D eigenvalue weighted by Crippen LogP contribution is 2.36. The van der Waals surface area contributed by atoms with Crippen LogP contribution in [0, 0.1) is 5.82 Å². The summed E-state index contributed by atoms with van der Waals surface area (Å²) in [5.74, 6) is -2.17. The molecule has 160 valence electrons. The Labute approximate surface area is 170 Å². The maximum absolute atomic E-state index is 14.8. The number of carbonyl (C=O) groups excluding carboxylic acids is 1. The molecule has 2 heterocycles. The number of hydrogen-bond donors (Lipinski definition) is 1. The van der Waals surface area contributed by atoms with Gasteiger partial charge in [-0.15, -0.1) is 0 Å². The molecule has 1 unspecified atom stereocenters. The number of rotatable bonds is 4. The fourth-order valence-corrected chi connectivity index (χ4v) is 3.32. The number of fused-ring (bicyclic) bond motifs is 1. The number of furan rings is 1. The second-order valence-electron chi connectivity index (χ2n) is 6.69. The van der Waals surface area contributed by atoms with Gasteiger partial charge in [-0.05, 0) is 12.1 Å². The highest BCUT2D eigenvalue weighted by Gasteiger charge is 2.35. The van der Waals surface area contributed by atoms with Gasteiger partial charge in [-0.3, -0.25) is 14.2 Å². The monoisotopic (exact) mass is 447 g/mol. The number of alkyl halides is 3. The summed E-state index contributed by atoms with van der Waals surface area (Å²) in [5.41, 5.74) is -0.187. The average molecular weight is 448 g/mol. The van der Waals surface area contributed by atoms with Gasteiger partial charge in [0.05, 0.1) is 5.02 Å². The van der Waals surface area contributed by atoms with Gasteiger partial charge < -0.3 is 10.2 Å². The Kier molecular flexibility index (Phi) is 5.27. The molecule has 7 nitrogen and oxygen atoms in total. The molecule has 0 saturated heterocycles. The number of primary amides is 1. The van der Waals surface area contributed by atoms with E-state index in [2.05, 4.69) is 0 Å². The van der Waals surface area contributed by atoms with Crippen LogP contribution in [0.3, 0.4) is 0 Å². The summed E-state index contributed by atoms with van der Waals surface area (Å²) in [4.78, 5) is 36.1. The molecule has 2 aromatic heterocycles. The van der Waals surface area contributed by atoms with Crippen LogP contribution in [0.4, 0.5) is 17.6 Å². The predicted molar refractivity (Wildman–Crippen MR) is 99.2 cm³/mol. The highest BCUT2D eigenvalue weighted by atomic mass is 35.5. The van der Waals surface area contributed by atoms with Gasteiger partial charge in [-0.2, -0.15) is 13.2 Å². The van der Waals surface area contributed by atoms with E-state index in [-0.39, 0.29) is 43.4 Å². The van der Waals surface area contributed by atoms with Gasteiger partial charge in [0.25, 0.3) is 5.56 Å². The van der Waals surface area contributed by atoms with Gasteiger partial charge in [0, 0.05) is 30.8 Å². The molecule has 1 aromatic carbocycles. The van der Waals surface area contributed by atoms with Crippen LogP contribution in [0.5, 0.6) is 0 Å². The highest BCUT2D eigenvalue weighted by molar-refractivity contribution is 6.35. The number of amides is 1. The molecule has 0 radical (unpaired) electrons. The van der Waals surface area contributed by atoms with E-state index in [0.29, 0.717) is 0 Å². The number of benzene rings is 1. The van der Waals surface area contributed by atoms with Crippen LogP contribution >= 0.6 is 11.6 Å². The number of nitrogens with zero attached hydrogens (tertiary/aromatic N) is 2. The van der Waals surface area contributed by atoms with Crippen molar-refractivity contribution in [2.24, 2.45) is 12.8 Å². The molecule has 0 fully saturated rings. The molecule has 3 aromatic rings. The van der Waals surface area contributed by atoms with Crippen LogP contribution in [-0.2, 0) is 18.0 Å². The normalized spacial score (nSPS) is 13.0. The van der Waals surface area contributed by atoms with E-state index in [1.54, 1.807) is 6.92 Å². The smallest absolute Gasteiger partial charge is 0.431 e. The molecule has 30 heavy (non-hydrogen) atoms. The van der Waals surface area contributed by atoms with E-state index in [1.807, 2.05) is 0 Å². The summed E-state index contributed by atoms with van der Waals surface area (Å²) in [6.45, 7) is 1.59. The summed E-state index contributed by atoms with van der Waals surface area (Å²) in [5, 5.41) is -0.0162. The summed E-state index contributed by atoms with van der Waals surface area (Å²) in [7, 11) is 0.800. The number of nitrogens with two attached hydrogens (primary N) is 1. The van der Waals surface area contributed by atoms with Crippen LogP contribution in [0.2, 0.25) is 5.02 Å². The Bertz CT molecular complexity index is 1290. The largest absolute Gasteiger partial charge is 0.458 e. The molecule has 12 heteroatoms. The maximum atomic E-state index is 14.8. The second kappa shape index (κ2) is 7.31. The van der Waals surface area contributed by atoms with E-state index >= 15 is 0 Å². The molecule has 0 aliphatic carbocycles. The van der Waals surface area contributed by atoms with Crippen LogP contribution < -0.4 is 17.0 Å². The lowest BCUT2D eigenvalue weighted by Gasteiger charge is -2.14. The zero-order valence-electron chi connectivity index (χ0n) is 15.5. The fraction of sp³-hybridized carbons (Fsp3) is 0.278. The molecule has 0 spiro atoms. The summed E-state index contributed by atoms with van der Waals surface area (Å²) in [6.07, 6.45) is -5.08. The molecule has 0 aliphatic rings. The van der Waals surface area contributed by atoms with Crippen molar-refractivity contribution in [3.05, 3.63) is 61.3 Å². The molecule has 1 atom stereocenters. The van der Waals surface area contributed by atoms with E-state index in [4.69, 9.17) is 21.8 Å². The minimum absolute atomic E-state index is 0.105. The van der Waals surface area contributed by atoms with Gasteiger partial charge in [0.15, 0.2) is 11.4 Å². The molecule has 1 amide bonds. The number of aromatic nitrogens is 2. The molecular formula is C18H14ClF4N3O4. The van der Waals surface area contributed by atoms with Crippen molar-refractivity contribution in [3.8, 4) is 5.69 Å². The average Bonchev–Trinajstić information content (AvgIpc) is 3.05. The van der Waals surface area contributed by atoms with Crippen LogP contribution in [0.1, 0.15) is 30.7 Å². The fourth-order valence-electron chi connectivity index (χ4n) is 3.09. The maximum Gasteiger partial charge on any atom is 0.431 e. The van der Waals surface area contributed by atoms with Crippen LogP contribution in [-0.4, -0.2) is 15.0 Å². The van der Waals surface area contributed by atoms with Crippen LogP contribution in [0.15, 0.2) is 32.2 Å². The van der Waals surface area contributed by atoms with Crippen molar-refractivity contribution in [1.82, 2.24) is 9.13 Å². The Morgan fingerprint density at radius 3 is 2.47 bits per heavy atom. The van der Waals surface area contributed by atoms with E-state index in [0.717, 1.165) is 13.1 Å². The minimum atomic E-state index is -4.97. The summed E-state index contributed by atoms with van der Waals surface area (Å²) >= 11 is 6.03. The van der Waals surface area contributed by atoms with Gasteiger partial charge in [0.1, 0.15) is 17.1 Å². The lowest BCUT2D eigenvalue weighted by Crippen LogP contribution is -2.41. The van der Waals surface area contributed by atoms with Gasteiger partial charge in [-0.25, -0.2) is 13.8 Å².